The van der Waals surface area contributed by atoms with Gasteiger partial charge in [-0.1, -0.05) is 6.07 Å². The summed E-state index contributed by atoms with van der Waals surface area (Å²) in [5, 5.41) is 5.81. The third kappa shape index (κ3) is 4.48. The number of ether oxygens (including phenoxy) is 1. The number of halogens is 1. The molecule has 0 aliphatic heterocycles. The predicted octanol–water partition coefficient (Wildman–Crippen LogP) is 3.14. The molecule has 11 nitrogen and oxygen atoms in total. The molecule has 0 aliphatic rings. The fraction of sp³-hybridized carbons (Fsp3) is 0.0417. The Kier molecular flexibility index (Phi) is 6.07. The molecule has 0 amide bonds. The van der Waals surface area contributed by atoms with Gasteiger partial charge >= 0.3 is 16.2 Å². The first-order valence-corrected chi connectivity index (χ1v) is 12.2. The van der Waals surface area contributed by atoms with E-state index in [1.807, 2.05) is 0 Å². The fourth-order valence-electron chi connectivity index (χ4n) is 3.81. The molecule has 37 heavy (non-hydrogen) atoms. The molecule has 5 aromatic rings. The second-order valence-corrected chi connectivity index (χ2v) is 9.16. The SMILES string of the molecule is COc1ncc(-c2cnc3[nH]cc(C(=O)c4cccc(N(c5cccnc5)S(N)(=O)=O)c4F)c3c2)cn1. The van der Waals surface area contributed by atoms with Crippen LogP contribution in [0.4, 0.5) is 15.8 Å². The molecule has 0 radical (unpaired) electrons. The van der Waals surface area contributed by atoms with Crippen LogP contribution in [-0.4, -0.2) is 46.2 Å². The van der Waals surface area contributed by atoms with Gasteiger partial charge in [0.25, 0.3) is 0 Å². The zero-order valence-electron chi connectivity index (χ0n) is 19.2. The smallest absolute Gasteiger partial charge is 0.316 e. The molecule has 0 saturated heterocycles. The largest absolute Gasteiger partial charge is 0.467 e. The number of carbonyl (C=O) groups is 1. The number of nitrogens with two attached hydrogens (primary N) is 1. The van der Waals surface area contributed by atoms with Crippen molar-refractivity contribution in [1.82, 2.24) is 24.9 Å². The molecule has 4 heterocycles. The molecule has 13 heteroatoms. The molecule has 0 atom stereocenters. The van der Waals surface area contributed by atoms with Crippen molar-refractivity contribution >= 4 is 38.4 Å². The Bertz CT molecular complexity index is 1730. The Morgan fingerprint density at radius 1 is 1.03 bits per heavy atom. The summed E-state index contributed by atoms with van der Waals surface area (Å²) in [4.78, 5) is 32.8. The summed E-state index contributed by atoms with van der Waals surface area (Å²) in [6, 6.07) is 8.62. The van der Waals surface area contributed by atoms with Crippen LogP contribution in [0.15, 0.2) is 73.6 Å². The summed E-state index contributed by atoms with van der Waals surface area (Å²) >= 11 is 0. The standard InChI is InChI=1S/C24H18FN7O4S/c1-36-24-30-10-15(11-31-24)14-8-18-19(13-29-23(18)28-9-14)22(33)17-5-2-6-20(21(17)25)32(37(26,34)35)16-4-3-7-27-12-16/h2-13H,1H3,(H,28,29)(H2,26,34,35). The number of aromatic amines is 1. The highest BCUT2D eigenvalue weighted by Crippen LogP contribution is 2.33. The van der Waals surface area contributed by atoms with Crippen molar-refractivity contribution < 1.29 is 22.3 Å². The zero-order chi connectivity index (χ0) is 26.2. The van der Waals surface area contributed by atoms with Crippen LogP contribution in [0.3, 0.4) is 0 Å². The van der Waals surface area contributed by atoms with E-state index < -0.39 is 27.5 Å². The maximum atomic E-state index is 15.7. The highest BCUT2D eigenvalue weighted by Gasteiger charge is 2.28. The second-order valence-electron chi connectivity index (χ2n) is 7.77. The molecule has 0 saturated carbocycles. The number of rotatable bonds is 7. The van der Waals surface area contributed by atoms with Gasteiger partial charge < -0.3 is 9.72 Å². The lowest BCUT2D eigenvalue weighted by Gasteiger charge is -2.22. The first-order chi connectivity index (χ1) is 17.8. The minimum Gasteiger partial charge on any atom is -0.467 e. The third-order valence-electron chi connectivity index (χ3n) is 5.50. The number of methoxy groups -OCH3 is 1. The van der Waals surface area contributed by atoms with E-state index in [1.165, 1.54) is 56.0 Å². The van der Waals surface area contributed by atoms with Gasteiger partial charge in [0.05, 0.1) is 30.2 Å². The fourth-order valence-corrected chi connectivity index (χ4v) is 4.63. The number of ketones is 1. The number of nitrogens with zero attached hydrogens (tertiary/aromatic N) is 5. The van der Waals surface area contributed by atoms with Crippen molar-refractivity contribution in [1.29, 1.82) is 0 Å². The minimum absolute atomic E-state index is 0.0103. The van der Waals surface area contributed by atoms with Crippen molar-refractivity contribution in [2.45, 2.75) is 0 Å². The highest BCUT2D eigenvalue weighted by molar-refractivity contribution is 7.90. The molecule has 0 spiro atoms. The van der Waals surface area contributed by atoms with Gasteiger partial charge in [0.15, 0.2) is 11.6 Å². The molecule has 4 aromatic heterocycles. The van der Waals surface area contributed by atoms with Crippen molar-refractivity contribution in [3.05, 3.63) is 90.5 Å². The first-order valence-electron chi connectivity index (χ1n) is 10.7. The topological polar surface area (TPSA) is 157 Å². The minimum atomic E-state index is -4.46. The lowest BCUT2D eigenvalue weighted by molar-refractivity contribution is 0.103. The van der Waals surface area contributed by atoms with Crippen molar-refractivity contribution in [3.63, 3.8) is 0 Å². The van der Waals surface area contributed by atoms with Gasteiger partial charge in [-0.15, -0.1) is 0 Å². The number of anilines is 2. The number of H-pyrrole nitrogens is 1. The molecule has 1 aromatic carbocycles. The number of hydrogen-bond donors (Lipinski definition) is 2. The average Bonchev–Trinajstić information content (AvgIpc) is 3.33. The molecule has 3 N–H and O–H groups in total. The van der Waals surface area contributed by atoms with Crippen molar-refractivity contribution in [2.24, 2.45) is 5.14 Å². The Hall–Kier alpha value is -4.75. The van der Waals surface area contributed by atoms with Gasteiger partial charge in [-0.25, -0.2) is 28.8 Å². The second kappa shape index (κ2) is 9.37. The van der Waals surface area contributed by atoms with Gasteiger partial charge in [-0.2, -0.15) is 8.42 Å². The number of fused-ring (bicyclic) bond motifs is 1. The third-order valence-corrected chi connectivity index (χ3v) is 6.41. The van der Waals surface area contributed by atoms with Gasteiger partial charge in [-0.05, 0) is 30.3 Å². The van der Waals surface area contributed by atoms with Gasteiger partial charge in [-0.3, -0.25) is 9.78 Å². The summed E-state index contributed by atoms with van der Waals surface area (Å²) in [5.41, 5.74) is 1.02. The number of hydrogen-bond acceptors (Lipinski definition) is 8. The Morgan fingerprint density at radius 2 is 1.78 bits per heavy atom. The number of benzene rings is 1. The van der Waals surface area contributed by atoms with E-state index in [-0.39, 0.29) is 22.8 Å². The van der Waals surface area contributed by atoms with E-state index in [4.69, 9.17) is 9.88 Å². The van der Waals surface area contributed by atoms with E-state index in [0.29, 0.717) is 26.5 Å². The maximum absolute atomic E-state index is 15.7. The van der Waals surface area contributed by atoms with Gasteiger partial charge in [0, 0.05) is 53.1 Å². The zero-order valence-corrected chi connectivity index (χ0v) is 20.0. The van der Waals surface area contributed by atoms with Crippen LogP contribution in [-0.2, 0) is 10.2 Å². The number of pyridine rings is 2. The van der Waals surface area contributed by atoms with Crippen LogP contribution in [0, 0.1) is 5.82 Å². The van der Waals surface area contributed by atoms with E-state index >= 15 is 4.39 Å². The number of carbonyl (C=O) groups excluding carboxylic acids is 1. The molecule has 5 rings (SSSR count). The lowest BCUT2D eigenvalue weighted by atomic mass is 10.0. The van der Waals surface area contributed by atoms with E-state index in [2.05, 4.69) is 24.9 Å². The van der Waals surface area contributed by atoms with Crippen LogP contribution < -0.4 is 14.2 Å². The van der Waals surface area contributed by atoms with Crippen LogP contribution in [0.25, 0.3) is 22.2 Å². The number of aromatic nitrogens is 5. The molecule has 0 fully saturated rings. The summed E-state index contributed by atoms with van der Waals surface area (Å²) in [6.07, 6.45) is 8.74. The van der Waals surface area contributed by atoms with Crippen LogP contribution >= 0.6 is 0 Å². The van der Waals surface area contributed by atoms with Crippen molar-refractivity contribution in [2.75, 3.05) is 11.4 Å². The normalized spacial score (nSPS) is 11.4. The predicted molar refractivity (Wildman–Crippen MR) is 133 cm³/mol. The maximum Gasteiger partial charge on any atom is 0.316 e. The van der Waals surface area contributed by atoms with Crippen LogP contribution in [0.1, 0.15) is 15.9 Å². The Morgan fingerprint density at radius 3 is 2.46 bits per heavy atom. The summed E-state index contributed by atoms with van der Waals surface area (Å²) in [5.74, 6) is -1.75. The van der Waals surface area contributed by atoms with Gasteiger partial charge in [0.2, 0.25) is 0 Å². The molecule has 186 valence electrons. The summed E-state index contributed by atoms with van der Waals surface area (Å²) in [7, 11) is -3.01. The Labute approximate surface area is 210 Å². The van der Waals surface area contributed by atoms with Crippen molar-refractivity contribution in [3.8, 4) is 17.1 Å². The van der Waals surface area contributed by atoms with E-state index in [1.54, 1.807) is 24.7 Å². The quantitative estimate of drug-likeness (QED) is 0.311. The van der Waals surface area contributed by atoms with E-state index in [9.17, 15) is 13.2 Å². The molecule has 0 aliphatic carbocycles. The Balaban J connectivity index is 1.59. The first kappa shape index (κ1) is 24.0. The van der Waals surface area contributed by atoms with Crippen LogP contribution in [0.5, 0.6) is 6.01 Å². The monoisotopic (exact) mass is 519 g/mol. The summed E-state index contributed by atoms with van der Waals surface area (Å²) in [6.45, 7) is 0. The molecular formula is C24H18FN7O4S. The number of nitrogens with one attached hydrogen (secondary N) is 1. The highest BCUT2D eigenvalue weighted by atomic mass is 32.2. The van der Waals surface area contributed by atoms with E-state index in [0.717, 1.165) is 0 Å². The molecule has 0 bridgehead atoms. The lowest BCUT2D eigenvalue weighted by Crippen LogP contribution is -2.33. The molecule has 0 unspecified atom stereocenters. The van der Waals surface area contributed by atoms with Gasteiger partial charge in [0.1, 0.15) is 5.65 Å². The average molecular weight is 520 g/mol. The molecular weight excluding hydrogens is 501 g/mol. The summed E-state index contributed by atoms with van der Waals surface area (Å²) < 4.78 is 46.1. The van der Waals surface area contributed by atoms with Crippen LogP contribution in [0.2, 0.25) is 0 Å².